The maximum absolute atomic E-state index is 5.89. The standard InChI is InChI=1S/C16H22N2OS/c1-11-8-18(9-12(2)20-11)10-14-13-5-3-4-6-15(13)19-16(14)7-17/h3-6,11-12H,7-10,17H2,1-2H3. The Kier molecular flexibility index (Phi) is 4.06. The van der Waals surface area contributed by atoms with Crippen LogP contribution in [0.3, 0.4) is 0 Å². The van der Waals surface area contributed by atoms with Crippen molar-refractivity contribution >= 4 is 22.7 Å². The SMILES string of the molecule is CC1CN(Cc2c(CN)oc3ccccc23)CC(C)S1. The molecule has 108 valence electrons. The first-order valence-electron chi connectivity index (χ1n) is 7.24. The number of rotatable bonds is 3. The second kappa shape index (κ2) is 5.80. The number of fused-ring (bicyclic) bond motifs is 1. The molecule has 2 N–H and O–H groups in total. The van der Waals surface area contributed by atoms with E-state index in [9.17, 15) is 0 Å². The number of nitrogens with two attached hydrogens (primary N) is 1. The van der Waals surface area contributed by atoms with Crippen molar-refractivity contribution < 1.29 is 4.42 Å². The summed E-state index contributed by atoms with van der Waals surface area (Å²) in [6.07, 6.45) is 0. The van der Waals surface area contributed by atoms with E-state index in [1.165, 1.54) is 10.9 Å². The molecule has 1 saturated heterocycles. The first kappa shape index (κ1) is 14.0. The third-order valence-corrected chi connectivity index (χ3v) is 5.07. The maximum Gasteiger partial charge on any atom is 0.134 e. The van der Waals surface area contributed by atoms with Gasteiger partial charge >= 0.3 is 0 Å². The molecule has 1 aromatic heterocycles. The van der Waals surface area contributed by atoms with Gasteiger partial charge in [-0.3, -0.25) is 4.90 Å². The van der Waals surface area contributed by atoms with Gasteiger partial charge in [0.05, 0.1) is 6.54 Å². The summed E-state index contributed by atoms with van der Waals surface area (Å²) < 4.78 is 5.89. The molecule has 0 spiro atoms. The lowest BCUT2D eigenvalue weighted by Gasteiger charge is -2.34. The Balaban J connectivity index is 1.89. The Hall–Kier alpha value is -0.970. The molecular formula is C16H22N2OS. The molecule has 4 heteroatoms. The van der Waals surface area contributed by atoms with Gasteiger partial charge in [-0.2, -0.15) is 11.8 Å². The van der Waals surface area contributed by atoms with Crippen LogP contribution in [0.4, 0.5) is 0 Å². The van der Waals surface area contributed by atoms with E-state index in [1.807, 2.05) is 12.1 Å². The molecule has 2 aromatic rings. The average molecular weight is 290 g/mol. The van der Waals surface area contributed by atoms with Crippen molar-refractivity contribution in [2.24, 2.45) is 5.73 Å². The number of nitrogens with zero attached hydrogens (tertiary/aromatic N) is 1. The van der Waals surface area contributed by atoms with Gasteiger partial charge in [0.1, 0.15) is 11.3 Å². The van der Waals surface area contributed by atoms with Crippen LogP contribution >= 0.6 is 11.8 Å². The van der Waals surface area contributed by atoms with E-state index in [2.05, 4.69) is 42.6 Å². The van der Waals surface area contributed by atoms with Crippen molar-refractivity contribution in [2.75, 3.05) is 13.1 Å². The summed E-state index contributed by atoms with van der Waals surface area (Å²) in [5.41, 5.74) is 8.08. The zero-order valence-electron chi connectivity index (χ0n) is 12.1. The first-order valence-corrected chi connectivity index (χ1v) is 8.19. The minimum absolute atomic E-state index is 0.470. The second-order valence-corrected chi connectivity index (χ2v) is 7.54. The molecule has 0 radical (unpaired) electrons. The lowest BCUT2D eigenvalue weighted by atomic mass is 10.1. The molecule has 2 unspecified atom stereocenters. The fourth-order valence-electron chi connectivity index (χ4n) is 3.12. The van der Waals surface area contributed by atoms with Crippen molar-refractivity contribution in [3.63, 3.8) is 0 Å². The third kappa shape index (κ3) is 2.73. The number of hydrogen-bond acceptors (Lipinski definition) is 4. The largest absolute Gasteiger partial charge is 0.459 e. The van der Waals surface area contributed by atoms with Crippen molar-refractivity contribution in [1.29, 1.82) is 0 Å². The normalized spacial score (nSPS) is 24.4. The smallest absolute Gasteiger partial charge is 0.134 e. The highest BCUT2D eigenvalue weighted by Crippen LogP contribution is 2.30. The molecule has 1 aliphatic rings. The molecule has 0 saturated carbocycles. The highest BCUT2D eigenvalue weighted by Gasteiger charge is 2.24. The van der Waals surface area contributed by atoms with E-state index in [1.54, 1.807) is 0 Å². The molecule has 2 heterocycles. The monoisotopic (exact) mass is 290 g/mol. The van der Waals surface area contributed by atoms with Crippen molar-refractivity contribution in [3.8, 4) is 0 Å². The molecule has 2 atom stereocenters. The number of furan rings is 1. The van der Waals surface area contributed by atoms with Crippen LogP contribution in [0.15, 0.2) is 28.7 Å². The van der Waals surface area contributed by atoms with Crippen LogP contribution in [0.2, 0.25) is 0 Å². The quantitative estimate of drug-likeness (QED) is 0.942. The van der Waals surface area contributed by atoms with Gasteiger partial charge in [0.2, 0.25) is 0 Å². The summed E-state index contributed by atoms with van der Waals surface area (Å²) in [5, 5.41) is 2.60. The van der Waals surface area contributed by atoms with E-state index in [-0.39, 0.29) is 0 Å². The van der Waals surface area contributed by atoms with Gasteiger partial charge in [0.15, 0.2) is 0 Å². The van der Waals surface area contributed by atoms with Crippen LogP contribution in [0, 0.1) is 0 Å². The van der Waals surface area contributed by atoms with Crippen LogP contribution in [0.1, 0.15) is 25.2 Å². The number of para-hydroxylation sites is 1. The van der Waals surface area contributed by atoms with E-state index >= 15 is 0 Å². The fourth-order valence-corrected chi connectivity index (χ4v) is 4.51. The third-order valence-electron chi connectivity index (χ3n) is 3.84. The van der Waals surface area contributed by atoms with Crippen molar-refractivity contribution in [2.45, 2.75) is 37.4 Å². The molecular weight excluding hydrogens is 268 g/mol. The fraction of sp³-hybridized carbons (Fsp3) is 0.500. The zero-order valence-corrected chi connectivity index (χ0v) is 13.0. The second-order valence-electron chi connectivity index (χ2n) is 5.66. The van der Waals surface area contributed by atoms with Crippen molar-refractivity contribution in [3.05, 3.63) is 35.6 Å². The molecule has 0 aliphatic carbocycles. The summed E-state index contributed by atoms with van der Waals surface area (Å²) >= 11 is 2.08. The Labute approximate surface area is 124 Å². The van der Waals surface area contributed by atoms with Crippen LogP contribution in [-0.2, 0) is 13.1 Å². The molecule has 20 heavy (non-hydrogen) atoms. The van der Waals surface area contributed by atoms with Crippen LogP contribution in [0.5, 0.6) is 0 Å². The molecule has 3 rings (SSSR count). The predicted molar refractivity (Wildman–Crippen MR) is 85.9 cm³/mol. The number of benzene rings is 1. The van der Waals surface area contributed by atoms with Gasteiger partial charge in [-0.1, -0.05) is 32.0 Å². The van der Waals surface area contributed by atoms with Gasteiger partial charge in [-0.05, 0) is 6.07 Å². The predicted octanol–water partition coefficient (Wildman–Crippen LogP) is 3.22. The lowest BCUT2D eigenvalue weighted by molar-refractivity contribution is 0.261. The van der Waals surface area contributed by atoms with E-state index in [4.69, 9.17) is 10.2 Å². The van der Waals surface area contributed by atoms with Gasteiger partial charge in [0.25, 0.3) is 0 Å². The van der Waals surface area contributed by atoms with Crippen LogP contribution < -0.4 is 5.73 Å². The minimum atomic E-state index is 0.470. The minimum Gasteiger partial charge on any atom is -0.459 e. The van der Waals surface area contributed by atoms with Crippen molar-refractivity contribution in [1.82, 2.24) is 4.90 Å². The van der Waals surface area contributed by atoms with Gasteiger partial charge in [0, 0.05) is 41.1 Å². The molecule has 0 amide bonds. The highest BCUT2D eigenvalue weighted by atomic mass is 32.2. The Morgan fingerprint density at radius 3 is 2.65 bits per heavy atom. The Morgan fingerprint density at radius 2 is 1.95 bits per heavy atom. The molecule has 1 aromatic carbocycles. The molecule has 1 aliphatic heterocycles. The van der Waals surface area contributed by atoms with E-state index < -0.39 is 0 Å². The molecule has 0 bridgehead atoms. The number of hydrogen-bond donors (Lipinski definition) is 1. The zero-order chi connectivity index (χ0) is 14.1. The average Bonchev–Trinajstić information content (AvgIpc) is 2.76. The summed E-state index contributed by atoms with van der Waals surface area (Å²) in [6, 6.07) is 8.24. The van der Waals surface area contributed by atoms with Gasteiger partial charge in [-0.15, -0.1) is 0 Å². The van der Waals surface area contributed by atoms with Crippen LogP contribution in [-0.4, -0.2) is 28.5 Å². The topological polar surface area (TPSA) is 42.4 Å². The van der Waals surface area contributed by atoms with E-state index in [0.717, 1.165) is 31.0 Å². The number of thioether (sulfide) groups is 1. The summed E-state index contributed by atoms with van der Waals surface area (Å²) in [5.74, 6) is 0.935. The van der Waals surface area contributed by atoms with Crippen LogP contribution in [0.25, 0.3) is 11.0 Å². The first-order chi connectivity index (χ1) is 9.67. The lowest BCUT2D eigenvalue weighted by Crippen LogP contribution is -2.39. The molecule has 1 fully saturated rings. The summed E-state index contributed by atoms with van der Waals surface area (Å²) in [4.78, 5) is 2.53. The highest BCUT2D eigenvalue weighted by molar-refractivity contribution is 8.00. The van der Waals surface area contributed by atoms with E-state index in [0.29, 0.717) is 17.0 Å². The summed E-state index contributed by atoms with van der Waals surface area (Å²) in [7, 11) is 0. The molecule has 3 nitrogen and oxygen atoms in total. The van der Waals surface area contributed by atoms with Gasteiger partial charge < -0.3 is 10.2 Å². The maximum atomic E-state index is 5.89. The van der Waals surface area contributed by atoms with Gasteiger partial charge in [-0.25, -0.2) is 0 Å². The summed E-state index contributed by atoms with van der Waals surface area (Å²) in [6.45, 7) is 8.31. The Bertz CT molecular complexity index is 585. The Morgan fingerprint density at radius 1 is 1.25 bits per heavy atom.